The van der Waals surface area contributed by atoms with Crippen molar-refractivity contribution in [3.05, 3.63) is 51.3 Å². The van der Waals surface area contributed by atoms with Crippen molar-refractivity contribution in [2.75, 3.05) is 6.54 Å². The van der Waals surface area contributed by atoms with Crippen LogP contribution in [0.15, 0.2) is 28.7 Å². The minimum atomic E-state index is -0.0819. The second-order valence-electron chi connectivity index (χ2n) is 6.54. The molecule has 3 N–H and O–H groups in total. The third-order valence-corrected chi connectivity index (χ3v) is 5.05. The molecule has 2 aromatic rings. The molecule has 1 amide bonds. The Bertz CT molecular complexity index is 758. The average molecular weight is 428 g/mol. The van der Waals surface area contributed by atoms with E-state index in [1.807, 2.05) is 30.7 Å². The second-order valence-corrected chi connectivity index (χ2v) is 7.46. The third kappa shape index (κ3) is 4.84. The van der Waals surface area contributed by atoms with Gasteiger partial charge >= 0.3 is 0 Å². The molecule has 1 unspecified atom stereocenters. The van der Waals surface area contributed by atoms with Crippen molar-refractivity contribution in [2.24, 2.45) is 11.7 Å². The van der Waals surface area contributed by atoms with E-state index in [0.29, 0.717) is 24.6 Å². The number of rotatable bonds is 6. The molecule has 0 bridgehead atoms. The molecule has 1 aliphatic rings. The summed E-state index contributed by atoms with van der Waals surface area (Å²) in [6.45, 7) is 4.98. The number of nitrogens with one attached hydrogen (secondary N) is 1. The molecule has 1 aliphatic carbocycles. The maximum absolute atomic E-state index is 12.5. The molecule has 0 aliphatic heterocycles. The summed E-state index contributed by atoms with van der Waals surface area (Å²) < 4.78 is 2.92. The smallest absolute Gasteiger partial charge is 0.255 e. The highest BCUT2D eigenvalue weighted by atomic mass is 79.9. The number of carbonyl (C=O) groups is 1. The Balaban J connectivity index is 0.00000225. The zero-order valence-corrected chi connectivity index (χ0v) is 16.9. The number of hydrogen-bond donors (Lipinski definition) is 2. The van der Waals surface area contributed by atoms with Gasteiger partial charge in [0.25, 0.3) is 5.91 Å². The topological polar surface area (TPSA) is 72.9 Å². The number of carbonyl (C=O) groups excluding carboxylic acids is 1. The largest absolute Gasteiger partial charge is 0.350 e. The molecule has 1 aromatic carbocycles. The van der Waals surface area contributed by atoms with Crippen LogP contribution in [0.4, 0.5) is 0 Å². The normalized spacial score (nSPS) is 14.7. The van der Waals surface area contributed by atoms with E-state index >= 15 is 0 Å². The van der Waals surface area contributed by atoms with E-state index < -0.39 is 0 Å². The molecule has 3 rings (SSSR count). The van der Waals surface area contributed by atoms with E-state index in [2.05, 4.69) is 38.5 Å². The molecular weight excluding hydrogens is 404 g/mol. The van der Waals surface area contributed by atoms with Gasteiger partial charge in [0.1, 0.15) is 0 Å². The first kappa shape index (κ1) is 19.9. The fourth-order valence-electron chi connectivity index (χ4n) is 2.98. The molecular formula is C18H24BrClN4O. The number of halogens is 2. The van der Waals surface area contributed by atoms with Gasteiger partial charge in [0.05, 0.1) is 17.8 Å². The minimum Gasteiger partial charge on any atom is -0.350 e. The number of aromatic nitrogens is 2. The molecule has 0 saturated heterocycles. The van der Waals surface area contributed by atoms with E-state index in [1.165, 1.54) is 12.8 Å². The van der Waals surface area contributed by atoms with Crippen LogP contribution in [0.1, 0.15) is 40.2 Å². The molecule has 1 atom stereocenters. The minimum absolute atomic E-state index is 0. The van der Waals surface area contributed by atoms with Gasteiger partial charge < -0.3 is 11.1 Å². The van der Waals surface area contributed by atoms with Crippen molar-refractivity contribution in [1.29, 1.82) is 0 Å². The lowest BCUT2D eigenvalue weighted by atomic mass is 10.1. The Labute approximate surface area is 162 Å². The number of nitrogens with zero attached hydrogens (tertiary/aromatic N) is 2. The number of hydrogen-bond acceptors (Lipinski definition) is 3. The van der Waals surface area contributed by atoms with Crippen LogP contribution in [0, 0.1) is 19.8 Å². The standard InChI is InChI=1S/C18H23BrN4O.ClH/c1-11-17(18(24)21-9-16(20)14-6-7-14)12(2)23(22-11)10-13-4-3-5-15(19)8-13;/h3-5,8,14,16H,6-7,9-10,20H2,1-2H3,(H,21,24);1H. The number of amides is 1. The Morgan fingerprint density at radius 1 is 1.44 bits per heavy atom. The van der Waals surface area contributed by atoms with Gasteiger partial charge in [-0.2, -0.15) is 5.10 Å². The summed E-state index contributed by atoms with van der Waals surface area (Å²) >= 11 is 3.48. The molecule has 5 nitrogen and oxygen atoms in total. The number of benzene rings is 1. The van der Waals surface area contributed by atoms with Gasteiger partial charge in [0, 0.05) is 22.8 Å². The highest BCUT2D eigenvalue weighted by Crippen LogP contribution is 2.31. The molecule has 7 heteroatoms. The molecule has 136 valence electrons. The van der Waals surface area contributed by atoms with Crippen molar-refractivity contribution >= 4 is 34.2 Å². The van der Waals surface area contributed by atoms with Gasteiger partial charge in [-0.3, -0.25) is 9.48 Å². The monoisotopic (exact) mass is 426 g/mol. The van der Waals surface area contributed by atoms with Crippen LogP contribution in [0.25, 0.3) is 0 Å². The van der Waals surface area contributed by atoms with Crippen LogP contribution in [0.2, 0.25) is 0 Å². The highest BCUT2D eigenvalue weighted by molar-refractivity contribution is 9.10. The van der Waals surface area contributed by atoms with Gasteiger partial charge in [-0.25, -0.2) is 0 Å². The molecule has 1 fully saturated rings. The summed E-state index contributed by atoms with van der Waals surface area (Å²) in [5.41, 5.74) is 9.49. The van der Waals surface area contributed by atoms with Crippen LogP contribution < -0.4 is 11.1 Å². The van der Waals surface area contributed by atoms with E-state index in [-0.39, 0.29) is 24.4 Å². The summed E-state index contributed by atoms with van der Waals surface area (Å²) in [4.78, 5) is 12.5. The van der Waals surface area contributed by atoms with Gasteiger partial charge in [-0.1, -0.05) is 28.1 Å². The highest BCUT2D eigenvalue weighted by Gasteiger charge is 2.29. The lowest BCUT2D eigenvalue weighted by molar-refractivity contribution is 0.0949. The first-order valence-corrected chi connectivity index (χ1v) is 9.07. The predicted molar refractivity (Wildman–Crippen MR) is 105 cm³/mol. The molecule has 1 saturated carbocycles. The quantitative estimate of drug-likeness (QED) is 0.743. The van der Waals surface area contributed by atoms with Crippen LogP contribution in [-0.4, -0.2) is 28.3 Å². The van der Waals surface area contributed by atoms with Crippen molar-refractivity contribution in [3.63, 3.8) is 0 Å². The van der Waals surface area contributed by atoms with Crippen molar-refractivity contribution in [1.82, 2.24) is 15.1 Å². The zero-order chi connectivity index (χ0) is 17.3. The van der Waals surface area contributed by atoms with Crippen LogP contribution in [-0.2, 0) is 6.54 Å². The van der Waals surface area contributed by atoms with Crippen LogP contribution in [0.5, 0.6) is 0 Å². The second kappa shape index (κ2) is 8.34. The van der Waals surface area contributed by atoms with Gasteiger partial charge in [0.15, 0.2) is 0 Å². The summed E-state index contributed by atoms with van der Waals surface area (Å²) in [6, 6.07) is 8.16. The van der Waals surface area contributed by atoms with Crippen molar-refractivity contribution < 1.29 is 4.79 Å². The summed E-state index contributed by atoms with van der Waals surface area (Å²) in [5, 5.41) is 7.50. The SMILES string of the molecule is Cc1nn(Cc2cccc(Br)c2)c(C)c1C(=O)NCC(N)C1CC1.Cl. The first-order chi connectivity index (χ1) is 11.5. The van der Waals surface area contributed by atoms with Crippen LogP contribution in [0.3, 0.4) is 0 Å². The van der Waals surface area contributed by atoms with Crippen LogP contribution >= 0.6 is 28.3 Å². The third-order valence-electron chi connectivity index (χ3n) is 4.56. The van der Waals surface area contributed by atoms with E-state index in [9.17, 15) is 4.79 Å². The first-order valence-electron chi connectivity index (χ1n) is 8.28. The van der Waals surface area contributed by atoms with Gasteiger partial charge in [-0.15, -0.1) is 12.4 Å². The molecule has 0 radical (unpaired) electrons. The van der Waals surface area contributed by atoms with E-state index in [0.717, 1.165) is 21.4 Å². The van der Waals surface area contributed by atoms with Gasteiger partial charge in [-0.05, 0) is 50.3 Å². The lowest BCUT2D eigenvalue weighted by Crippen LogP contribution is -2.38. The fraction of sp³-hybridized carbons (Fsp3) is 0.444. The maximum atomic E-state index is 12.5. The summed E-state index contributed by atoms with van der Waals surface area (Å²) in [6.07, 6.45) is 2.36. The lowest BCUT2D eigenvalue weighted by Gasteiger charge is -2.12. The zero-order valence-electron chi connectivity index (χ0n) is 14.5. The predicted octanol–water partition coefficient (Wildman–Crippen LogP) is 3.20. The molecule has 25 heavy (non-hydrogen) atoms. The average Bonchev–Trinajstić information content (AvgIpc) is 3.33. The van der Waals surface area contributed by atoms with Crippen molar-refractivity contribution in [2.45, 2.75) is 39.3 Å². The Morgan fingerprint density at radius 2 is 2.16 bits per heavy atom. The molecule has 1 heterocycles. The fourth-order valence-corrected chi connectivity index (χ4v) is 3.42. The number of aryl methyl sites for hydroxylation is 1. The summed E-state index contributed by atoms with van der Waals surface area (Å²) in [5.74, 6) is 0.494. The van der Waals surface area contributed by atoms with Gasteiger partial charge in [0.2, 0.25) is 0 Å². The van der Waals surface area contributed by atoms with E-state index in [1.54, 1.807) is 0 Å². The van der Waals surface area contributed by atoms with Crippen molar-refractivity contribution in [3.8, 4) is 0 Å². The maximum Gasteiger partial charge on any atom is 0.255 e. The van der Waals surface area contributed by atoms with E-state index in [4.69, 9.17) is 5.73 Å². The Kier molecular flexibility index (Phi) is 6.65. The Morgan fingerprint density at radius 3 is 2.80 bits per heavy atom. The molecule has 1 aromatic heterocycles. The number of nitrogens with two attached hydrogens (primary N) is 1. The summed E-state index contributed by atoms with van der Waals surface area (Å²) in [7, 11) is 0. The molecule has 0 spiro atoms. The Hall–Kier alpha value is -1.37.